The molecule has 12 heteroatoms. The summed E-state index contributed by atoms with van der Waals surface area (Å²) in [5.74, 6) is -14.4. The van der Waals surface area contributed by atoms with Crippen molar-refractivity contribution < 1.29 is 48.5 Å². The van der Waals surface area contributed by atoms with E-state index in [4.69, 9.17) is 15.2 Å². The minimum Gasteiger partial charge on any atom is -0.507 e. The molecule has 1 aromatic rings. The highest BCUT2D eigenvalue weighted by Crippen LogP contribution is 2.56. The number of carbonyl (C=O) groups excluding carboxylic acids is 6. The maximum Gasteiger partial charge on any atom is 0.305 e. The summed E-state index contributed by atoms with van der Waals surface area (Å²) in [7, 11) is 4.39. The lowest BCUT2D eigenvalue weighted by molar-refractivity contribution is -0.205. The molecule has 8 unspecified atom stereocenters. The first-order valence-corrected chi connectivity index (χ1v) is 14.3. The van der Waals surface area contributed by atoms with Crippen LogP contribution in [-0.2, 0) is 45.5 Å². The van der Waals surface area contributed by atoms with E-state index in [-0.39, 0.29) is 24.3 Å². The molecule has 3 aliphatic carbocycles. The highest BCUT2D eigenvalue weighted by molar-refractivity contribution is 6.32. The summed E-state index contributed by atoms with van der Waals surface area (Å²) in [5.41, 5.74) is 2.97. The van der Waals surface area contributed by atoms with Crippen LogP contribution in [0.25, 0.3) is 0 Å². The molecular formula is C31H40N2O10. The number of amides is 1. The van der Waals surface area contributed by atoms with Gasteiger partial charge in [0.25, 0.3) is 0 Å². The molecule has 1 amide bonds. The van der Waals surface area contributed by atoms with Gasteiger partial charge in [0.05, 0.1) is 30.0 Å². The Labute approximate surface area is 249 Å². The smallest absolute Gasteiger partial charge is 0.305 e. The third-order valence-corrected chi connectivity index (χ3v) is 9.31. The van der Waals surface area contributed by atoms with Crippen LogP contribution in [0.1, 0.15) is 74.0 Å². The minimum atomic E-state index is -3.07. The van der Waals surface area contributed by atoms with Crippen LogP contribution in [-0.4, -0.2) is 89.1 Å². The molecule has 2 fully saturated rings. The van der Waals surface area contributed by atoms with Crippen LogP contribution >= 0.6 is 0 Å². The Kier molecular flexibility index (Phi) is 8.22. The predicted molar refractivity (Wildman–Crippen MR) is 151 cm³/mol. The first-order valence-electron chi connectivity index (χ1n) is 14.3. The Bertz CT molecular complexity index is 1430. The summed E-state index contributed by atoms with van der Waals surface area (Å²) in [6, 6.07) is 0.294. The topological polar surface area (TPSA) is 191 Å². The molecule has 0 saturated heterocycles. The van der Waals surface area contributed by atoms with Crippen molar-refractivity contribution in [3.8, 4) is 5.75 Å². The van der Waals surface area contributed by atoms with Crippen LogP contribution in [0, 0.1) is 23.7 Å². The van der Waals surface area contributed by atoms with Crippen LogP contribution in [0.2, 0.25) is 0 Å². The van der Waals surface area contributed by atoms with Crippen molar-refractivity contribution in [1.82, 2.24) is 4.90 Å². The summed E-state index contributed by atoms with van der Waals surface area (Å²) in [5, 5.41) is 23.6. The Morgan fingerprint density at radius 2 is 1.72 bits per heavy atom. The number of methoxy groups -OCH3 is 1. The number of aromatic hydroxyl groups is 1. The molecule has 3 aliphatic rings. The van der Waals surface area contributed by atoms with Gasteiger partial charge in [-0.2, -0.15) is 0 Å². The van der Waals surface area contributed by atoms with Gasteiger partial charge >= 0.3 is 5.97 Å². The van der Waals surface area contributed by atoms with Gasteiger partial charge in [0.15, 0.2) is 34.7 Å². The molecule has 0 radical (unpaired) electrons. The molecule has 0 spiro atoms. The zero-order valence-electron chi connectivity index (χ0n) is 25.7. The lowest BCUT2D eigenvalue weighted by Crippen LogP contribution is -2.78. The predicted octanol–water partition coefficient (Wildman–Crippen LogP) is 0.804. The van der Waals surface area contributed by atoms with E-state index in [0.29, 0.717) is 16.7 Å². The van der Waals surface area contributed by atoms with Crippen LogP contribution in [0.5, 0.6) is 5.75 Å². The van der Waals surface area contributed by atoms with E-state index in [1.54, 1.807) is 13.0 Å². The van der Waals surface area contributed by atoms with Gasteiger partial charge in [-0.15, -0.1) is 0 Å². The van der Waals surface area contributed by atoms with E-state index in [1.165, 1.54) is 33.0 Å². The Morgan fingerprint density at radius 1 is 1.12 bits per heavy atom. The van der Waals surface area contributed by atoms with Crippen molar-refractivity contribution in [1.29, 1.82) is 0 Å². The summed E-state index contributed by atoms with van der Waals surface area (Å²) in [6.07, 6.45) is -1.60. The Hall–Kier alpha value is -3.48. The monoisotopic (exact) mass is 600 g/mol. The van der Waals surface area contributed by atoms with Crippen LogP contribution in [0.15, 0.2) is 6.07 Å². The first-order chi connectivity index (χ1) is 19.9. The number of nitrogens with two attached hydrogens (primary N) is 1. The van der Waals surface area contributed by atoms with Gasteiger partial charge in [-0.25, -0.2) is 0 Å². The molecule has 0 bridgehead atoms. The van der Waals surface area contributed by atoms with Crippen LogP contribution in [0.4, 0.5) is 0 Å². The number of Topliss-reactive ketones (excluding diaryl/α,β-unsaturated/α-hetero) is 4. The number of carbonyl (C=O) groups is 6. The zero-order valence-corrected chi connectivity index (χ0v) is 25.7. The highest BCUT2D eigenvalue weighted by Gasteiger charge is 2.74. The second-order valence-corrected chi connectivity index (χ2v) is 13.1. The molecule has 4 rings (SSSR count). The Morgan fingerprint density at radius 3 is 2.21 bits per heavy atom. The molecule has 0 aliphatic heterocycles. The van der Waals surface area contributed by atoms with Crippen molar-refractivity contribution in [3.05, 3.63) is 28.3 Å². The molecule has 4 N–H and O–H groups in total. The van der Waals surface area contributed by atoms with Gasteiger partial charge < -0.3 is 25.4 Å². The van der Waals surface area contributed by atoms with Gasteiger partial charge in [0.2, 0.25) is 5.91 Å². The molecule has 43 heavy (non-hydrogen) atoms. The summed E-state index contributed by atoms with van der Waals surface area (Å²) in [4.78, 5) is 82.8. The lowest BCUT2D eigenvalue weighted by Gasteiger charge is -2.56. The fraction of sp³-hybridized carbons (Fsp3) is 0.613. The van der Waals surface area contributed by atoms with Crippen LogP contribution < -0.4 is 5.73 Å². The fourth-order valence-electron chi connectivity index (χ4n) is 7.44. The van der Waals surface area contributed by atoms with E-state index in [0.717, 1.165) is 0 Å². The molecule has 0 heterocycles. The van der Waals surface area contributed by atoms with Crippen molar-refractivity contribution in [2.75, 3.05) is 21.2 Å². The number of likely N-dealkylation sites (N-methyl/N-ethyl adjacent to an activating group) is 1. The molecule has 1 aromatic carbocycles. The van der Waals surface area contributed by atoms with E-state index in [2.05, 4.69) is 0 Å². The summed E-state index contributed by atoms with van der Waals surface area (Å²) >= 11 is 0. The van der Waals surface area contributed by atoms with E-state index >= 15 is 0 Å². The SMILES string of the molecule is CCC(=O)OC1C2C(C(=O)c3c(O)c(C(C)(C)C)cc(COC)c3C2C)C(=O)C2(O)C(=O)C(C(N)=O)C(=O)C(N(C)C)C12. The molecule has 8 atom stereocenters. The third kappa shape index (κ3) is 4.61. The number of nitrogens with zero attached hydrogens (tertiary/aromatic N) is 1. The maximum absolute atomic E-state index is 14.4. The average Bonchev–Trinajstić information content (AvgIpc) is 2.90. The van der Waals surface area contributed by atoms with Gasteiger partial charge in [-0.1, -0.05) is 34.6 Å². The van der Waals surface area contributed by atoms with Gasteiger partial charge in [0.1, 0.15) is 11.9 Å². The zero-order chi connectivity index (χ0) is 32.5. The van der Waals surface area contributed by atoms with Crippen molar-refractivity contribution in [3.63, 3.8) is 0 Å². The number of hydrogen-bond acceptors (Lipinski definition) is 11. The number of phenolic OH excluding ortho intramolecular Hbond substituents is 1. The van der Waals surface area contributed by atoms with Gasteiger partial charge in [-0.05, 0) is 42.6 Å². The van der Waals surface area contributed by atoms with E-state index in [9.17, 15) is 39.0 Å². The number of phenols is 1. The number of hydrogen-bond donors (Lipinski definition) is 3. The van der Waals surface area contributed by atoms with E-state index < -0.39 is 87.8 Å². The summed E-state index contributed by atoms with van der Waals surface area (Å²) in [6.45, 7) is 8.80. The normalized spacial score (nSPS) is 32.3. The molecular weight excluding hydrogens is 560 g/mol. The number of benzene rings is 1. The third-order valence-electron chi connectivity index (χ3n) is 9.31. The number of esters is 1. The number of aliphatic hydroxyl groups is 1. The number of ether oxygens (including phenoxy) is 2. The van der Waals surface area contributed by atoms with Gasteiger partial charge in [0, 0.05) is 25.0 Å². The van der Waals surface area contributed by atoms with Crippen molar-refractivity contribution >= 4 is 35.0 Å². The maximum atomic E-state index is 14.4. The number of fused-ring (bicyclic) bond motifs is 3. The van der Waals surface area contributed by atoms with Crippen LogP contribution in [0.3, 0.4) is 0 Å². The molecule has 0 aromatic heterocycles. The minimum absolute atomic E-state index is 0.0546. The summed E-state index contributed by atoms with van der Waals surface area (Å²) < 4.78 is 11.3. The average molecular weight is 601 g/mol. The highest BCUT2D eigenvalue weighted by atomic mass is 16.5. The molecule has 234 valence electrons. The van der Waals surface area contributed by atoms with Gasteiger partial charge in [-0.3, -0.25) is 33.7 Å². The quantitative estimate of drug-likeness (QED) is 0.309. The molecule has 2 saturated carbocycles. The standard InChI is InChI=1S/C31H40N2O10/c1-9-15(34)43-26-17-12(2)16-13(11-42-8)10-14(30(3,4)5)23(35)18(16)24(36)19(17)27(38)31(41)21(26)22(33(6)7)25(37)20(28(31)39)29(32)40/h10,12,17,19-22,26,35,41H,9,11H2,1-8H3,(H2,32,40). The first kappa shape index (κ1) is 32.4. The van der Waals surface area contributed by atoms with Crippen molar-refractivity contribution in [2.45, 2.75) is 76.7 Å². The van der Waals surface area contributed by atoms with Crippen molar-refractivity contribution in [2.24, 2.45) is 29.4 Å². The lowest BCUT2D eigenvalue weighted by atomic mass is 9.49. The second kappa shape index (κ2) is 10.9. The number of ketones is 4. The van der Waals surface area contributed by atoms with E-state index in [1.807, 2.05) is 20.8 Å². The second-order valence-electron chi connectivity index (χ2n) is 13.1. The number of primary amides is 1. The largest absolute Gasteiger partial charge is 0.507 e. The fourth-order valence-corrected chi connectivity index (χ4v) is 7.44. The molecule has 12 nitrogen and oxygen atoms in total. The Balaban J connectivity index is 2.09. The number of rotatable bonds is 6.